The topological polar surface area (TPSA) is 58.9 Å². The van der Waals surface area contributed by atoms with Gasteiger partial charge in [0.2, 0.25) is 8.32 Å². The van der Waals surface area contributed by atoms with Crippen molar-refractivity contribution in [3.8, 4) is 0 Å². The monoisotopic (exact) mass is 352 g/mol. The van der Waals surface area contributed by atoms with E-state index in [1.54, 1.807) is 6.55 Å². The molecule has 0 amide bonds. The molecule has 0 spiro atoms. The molecule has 0 aromatic carbocycles. The summed E-state index contributed by atoms with van der Waals surface area (Å²) in [4.78, 5) is 19.2. The highest BCUT2D eigenvalue weighted by atomic mass is 28.4. The standard InChI is InChI=1S/C14H36O4Si3/c1-10-14(3,4)18-20(7,8)13(2)17-19(5,6)11-12-21(9,15)16/h13,15-16H,10-12H2,1-9H3. The van der Waals surface area contributed by atoms with Gasteiger partial charge in [-0.2, -0.15) is 0 Å². The summed E-state index contributed by atoms with van der Waals surface area (Å²) in [5, 5.41) is 0. The van der Waals surface area contributed by atoms with Gasteiger partial charge in [0.05, 0.1) is 11.3 Å². The van der Waals surface area contributed by atoms with Gasteiger partial charge in [0.25, 0.3) is 0 Å². The molecule has 0 aromatic heterocycles. The summed E-state index contributed by atoms with van der Waals surface area (Å²) in [6.45, 7) is 18.8. The van der Waals surface area contributed by atoms with E-state index in [1.165, 1.54) is 0 Å². The Kier molecular flexibility index (Phi) is 7.55. The van der Waals surface area contributed by atoms with Crippen molar-refractivity contribution in [1.82, 2.24) is 0 Å². The first-order valence-corrected chi connectivity index (χ1v) is 16.6. The molecule has 2 N–H and O–H groups in total. The minimum Gasteiger partial charge on any atom is -0.415 e. The average molecular weight is 353 g/mol. The summed E-state index contributed by atoms with van der Waals surface area (Å²) in [6, 6.07) is 1.27. The Balaban J connectivity index is 4.67. The highest BCUT2D eigenvalue weighted by molar-refractivity contribution is 6.77. The number of hydrogen-bond acceptors (Lipinski definition) is 4. The molecule has 0 aromatic rings. The van der Waals surface area contributed by atoms with Gasteiger partial charge in [0, 0.05) is 0 Å². The third kappa shape index (κ3) is 9.27. The zero-order chi connectivity index (χ0) is 17.1. The maximum absolute atomic E-state index is 9.60. The van der Waals surface area contributed by atoms with E-state index in [0.29, 0.717) is 6.04 Å². The normalized spacial score (nSPS) is 16.1. The van der Waals surface area contributed by atoms with Crippen LogP contribution in [0.3, 0.4) is 0 Å². The average Bonchev–Trinajstić information content (AvgIpc) is 2.24. The molecule has 0 aliphatic carbocycles. The van der Waals surface area contributed by atoms with Crippen LogP contribution < -0.4 is 0 Å². The van der Waals surface area contributed by atoms with Gasteiger partial charge in [-0.3, -0.25) is 0 Å². The maximum Gasteiger partial charge on any atom is 0.329 e. The minimum atomic E-state index is -2.97. The Labute approximate surface area is 134 Å². The molecule has 1 atom stereocenters. The van der Waals surface area contributed by atoms with Crippen LogP contribution in [-0.4, -0.2) is 46.1 Å². The lowest BCUT2D eigenvalue weighted by atomic mass is 10.1. The fraction of sp³-hybridized carbons (Fsp3) is 1.00. The summed E-state index contributed by atoms with van der Waals surface area (Å²) < 4.78 is 12.7. The highest BCUT2D eigenvalue weighted by Crippen LogP contribution is 2.28. The zero-order valence-electron chi connectivity index (χ0n) is 15.4. The second kappa shape index (κ2) is 7.37. The van der Waals surface area contributed by atoms with Gasteiger partial charge in [0.15, 0.2) is 8.32 Å². The van der Waals surface area contributed by atoms with Crippen LogP contribution in [0.15, 0.2) is 0 Å². The molecule has 0 saturated carbocycles. The van der Waals surface area contributed by atoms with Gasteiger partial charge in [-0.15, -0.1) is 0 Å². The molecule has 0 radical (unpaired) electrons. The van der Waals surface area contributed by atoms with E-state index in [4.69, 9.17) is 8.85 Å². The lowest BCUT2D eigenvalue weighted by Gasteiger charge is -2.41. The molecule has 0 aliphatic rings. The Bertz CT molecular complexity index is 325. The van der Waals surface area contributed by atoms with E-state index in [2.05, 4.69) is 53.9 Å². The van der Waals surface area contributed by atoms with E-state index in [1.807, 2.05) is 0 Å². The predicted octanol–water partition coefficient (Wildman–Crippen LogP) is 3.60. The lowest BCUT2D eigenvalue weighted by molar-refractivity contribution is 0.0781. The predicted molar refractivity (Wildman–Crippen MR) is 96.6 cm³/mol. The van der Waals surface area contributed by atoms with Crippen molar-refractivity contribution < 1.29 is 18.4 Å². The number of rotatable bonds is 9. The fourth-order valence-electron chi connectivity index (χ4n) is 2.08. The van der Waals surface area contributed by atoms with Crippen LogP contribution in [-0.2, 0) is 8.85 Å². The van der Waals surface area contributed by atoms with E-state index in [9.17, 15) is 9.59 Å². The third-order valence-corrected chi connectivity index (χ3v) is 11.6. The molecule has 7 heteroatoms. The Morgan fingerprint density at radius 1 is 1.00 bits per heavy atom. The molecule has 128 valence electrons. The van der Waals surface area contributed by atoms with Crippen LogP contribution in [0.4, 0.5) is 0 Å². The Morgan fingerprint density at radius 3 is 1.86 bits per heavy atom. The van der Waals surface area contributed by atoms with Crippen LogP contribution in [0.25, 0.3) is 0 Å². The van der Waals surface area contributed by atoms with Gasteiger partial charge < -0.3 is 18.4 Å². The Morgan fingerprint density at radius 2 is 1.48 bits per heavy atom. The summed E-state index contributed by atoms with van der Waals surface area (Å²) in [5.74, 6) is 0. The van der Waals surface area contributed by atoms with Gasteiger partial charge in [-0.1, -0.05) is 6.92 Å². The molecular formula is C14H36O4Si3. The minimum absolute atomic E-state index is 0.107. The summed E-state index contributed by atoms with van der Waals surface area (Å²) in [5.41, 5.74) is -0.00363. The van der Waals surface area contributed by atoms with Crippen LogP contribution in [0, 0.1) is 0 Å². The molecule has 0 fully saturated rings. The molecule has 0 bridgehead atoms. The second-order valence-corrected chi connectivity index (χ2v) is 19.5. The lowest BCUT2D eigenvalue weighted by Crippen LogP contribution is -2.53. The fourth-order valence-corrected chi connectivity index (χ4v) is 11.3. The van der Waals surface area contributed by atoms with Crippen LogP contribution >= 0.6 is 0 Å². The van der Waals surface area contributed by atoms with E-state index >= 15 is 0 Å². The first-order valence-electron chi connectivity index (χ1n) is 7.93. The largest absolute Gasteiger partial charge is 0.415 e. The van der Waals surface area contributed by atoms with Crippen molar-refractivity contribution in [2.45, 2.75) is 90.3 Å². The van der Waals surface area contributed by atoms with Crippen molar-refractivity contribution in [3.63, 3.8) is 0 Å². The summed E-state index contributed by atoms with van der Waals surface area (Å²) in [6.07, 6.45) is 0.982. The van der Waals surface area contributed by atoms with Crippen molar-refractivity contribution >= 4 is 25.2 Å². The molecule has 0 rings (SSSR count). The summed E-state index contributed by atoms with van der Waals surface area (Å²) in [7, 11) is -6.82. The van der Waals surface area contributed by atoms with Gasteiger partial charge in [0.1, 0.15) is 0 Å². The first-order chi connectivity index (χ1) is 9.10. The quantitative estimate of drug-likeness (QED) is 0.622. The molecule has 0 aliphatic heterocycles. The van der Waals surface area contributed by atoms with E-state index in [0.717, 1.165) is 12.5 Å². The molecule has 1 unspecified atom stereocenters. The highest BCUT2D eigenvalue weighted by Gasteiger charge is 2.40. The van der Waals surface area contributed by atoms with Crippen LogP contribution in [0.5, 0.6) is 0 Å². The van der Waals surface area contributed by atoms with E-state index in [-0.39, 0.29) is 11.3 Å². The van der Waals surface area contributed by atoms with E-state index < -0.39 is 25.2 Å². The molecule has 4 nitrogen and oxygen atoms in total. The molecular weight excluding hydrogens is 316 g/mol. The van der Waals surface area contributed by atoms with Crippen molar-refractivity contribution in [1.29, 1.82) is 0 Å². The SMILES string of the molecule is CCC(C)(C)O[Si](C)(C)C(C)O[Si](C)(C)CC[Si](C)(O)O. The van der Waals surface area contributed by atoms with Crippen molar-refractivity contribution in [3.05, 3.63) is 0 Å². The van der Waals surface area contributed by atoms with Crippen LogP contribution in [0.2, 0.25) is 44.8 Å². The van der Waals surface area contributed by atoms with Crippen LogP contribution in [0.1, 0.15) is 34.1 Å². The molecule has 21 heavy (non-hydrogen) atoms. The maximum atomic E-state index is 9.60. The first kappa shape index (κ1) is 21.5. The van der Waals surface area contributed by atoms with Gasteiger partial charge in [-0.25, -0.2) is 0 Å². The Hall–Kier alpha value is 0.491. The van der Waals surface area contributed by atoms with Gasteiger partial charge >= 0.3 is 8.56 Å². The second-order valence-electron chi connectivity index (χ2n) is 8.06. The van der Waals surface area contributed by atoms with Crippen molar-refractivity contribution in [2.24, 2.45) is 0 Å². The molecule has 0 saturated heterocycles. The zero-order valence-corrected chi connectivity index (χ0v) is 18.4. The smallest absolute Gasteiger partial charge is 0.329 e. The summed E-state index contributed by atoms with van der Waals surface area (Å²) >= 11 is 0. The van der Waals surface area contributed by atoms with Gasteiger partial charge in [-0.05, 0) is 72.0 Å². The third-order valence-electron chi connectivity index (χ3n) is 4.07. The van der Waals surface area contributed by atoms with Crippen molar-refractivity contribution in [2.75, 3.05) is 0 Å². The number of hydrogen-bond donors (Lipinski definition) is 2. The molecule has 0 heterocycles.